The van der Waals surface area contributed by atoms with E-state index in [1.165, 1.54) is 270 Å². The van der Waals surface area contributed by atoms with Gasteiger partial charge in [0.2, 0.25) is 0 Å². The second-order valence-electron chi connectivity index (χ2n) is 30.3. The Hall–Kier alpha value is -1.94. The number of carbonyl (C=O) groups is 4. The van der Waals surface area contributed by atoms with Gasteiger partial charge in [-0.1, -0.05) is 394 Å². The van der Waals surface area contributed by atoms with Crippen LogP contribution in [0.25, 0.3) is 0 Å². The minimum atomic E-state index is -4.96. The molecule has 102 heavy (non-hydrogen) atoms. The van der Waals surface area contributed by atoms with Crippen molar-refractivity contribution in [2.24, 2.45) is 5.92 Å². The number of ether oxygens (including phenoxy) is 4. The molecule has 0 aliphatic rings. The number of aliphatic hydroxyl groups excluding tert-OH is 1. The lowest BCUT2D eigenvalue weighted by atomic mass is 10.0. The molecule has 0 saturated carbocycles. The summed E-state index contributed by atoms with van der Waals surface area (Å²) in [5.41, 5.74) is 0. The molecule has 0 aliphatic heterocycles. The topological polar surface area (TPSA) is 237 Å². The van der Waals surface area contributed by atoms with Gasteiger partial charge in [-0.05, 0) is 31.6 Å². The van der Waals surface area contributed by atoms with Crippen molar-refractivity contribution in [3.8, 4) is 0 Å². The van der Waals surface area contributed by atoms with Gasteiger partial charge in [0.05, 0.1) is 26.4 Å². The predicted molar refractivity (Wildman–Crippen MR) is 418 cm³/mol. The third-order valence-corrected chi connectivity index (χ3v) is 21.4. The molecule has 0 aromatic rings. The van der Waals surface area contributed by atoms with Gasteiger partial charge >= 0.3 is 39.5 Å². The van der Waals surface area contributed by atoms with Crippen LogP contribution in [0.3, 0.4) is 0 Å². The average molecular weight is 1490 g/mol. The zero-order valence-electron chi connectivity index (χ0n) is 66.8. The molecule has 17 nitrogen and oxygen atoms in total. The second kappa shape index (κ2) is 75.9. The summed E-state index contributed by atoms with van der Waals surface area (Å²) >= 11 is 0. The first-order valence-electron chi connectivity index (χ1n) is 43.1. The van der Waals surface area contributed by atoms with Crippen LogP contribution in [0.15, 0.2) is 0 Å². The first-order chi connectivity index (χ1) is 49.5. The molecule has 0 aromatic carbocycles. The Bertz CT molecular complexity index is 1940. The van der Waals surface area contributed by atoms with Crippen molar-refractivity contribution in [1.82, 2.24) is 0 Å². The molecule has 0 aliphatic carbocycles. The fraction of sp³-hybridized carbons (Fsp3) is 0.952. The van der Waals surface area contributed by atoms with Crippen molar-refractivity contribution in [1.29, 1.82) is 0 Å². The number of carbonyl (C=O) groups excluding carboxylic acids is 4. The molecule has 0 heterocycles. The molecule has 19 heteroatoms. The molecule has 0 rings (SSSR count). The zero-order chi connectivity index (χ0) is 74.8. The number of aliphatic hydroxyl groups is 1. The summed E-state index contributed by atoms with van der Waals surface area (Å²) < 4.78 is 68.7. The van der Waals surface area contributed by atoms with E-state index < -0.39 is 97.5 Å². The van der Waals surface area contributed by atoms with Gasteiger partial charge in [-0.2, -0.15) is 0 Å². The lowest BCUT2D eigenvalue weighted by molar-refractivity contribution is -0.161. The van der Waals surface area contributed by atoms with Crippen LogP contribution in [0.2, 0.25) is 0 Å². The van der Waals surface area contributed by atoms with Gasteiger partial charge in [-0.3, -0.25) is 37.3 Å². The van der Waals surface area contributed by atoms with E-state index in [9.17, 15) is 43.2 Å². The maximum absolute atomic E-state index is 13.1. The van der Waals surface area contributed by atoms with E-state index in [1.54, 1.807) is 0 Å². The number of rotatable bonds is 83. The summed E-state index contributed by atoms with van der Waals surface area (Å²) in [4.78, 5) is 73.0. The number of phosphoric acid groups is 2. The highest BCUT2D eigenvalue weighted by Gasteiger charge is 2.30. The Morgan fingerprint density at radius 2 is 0.451 bits per heavy atom. The van der Waals surface area contributed by atoms with E-state index in [2.05, 4.69) is 34.6 Å². The Labute approximate surface area is 626 Å². The summed E-state index contributed by atoms with van der Waals surface area (Å²) in [6.45, 7) is 7.37. The van der Waals surface area contributed by atoms with Gasteiger partial charge < -0.3 is 33.8 Å². The summed E-state index contributed by atoms with van der Waals surface area (Å²) in [6, 6.07) is 0. The first-order valence-corrected chi connectivity index (χ1v) is 46.1. The van der Waals surface area contributed by atoms with Crippen LogP contribution in [0.5, 0.6) is 0 Å². The molecule has 606 valence electrons. The van der Waals surface area contributed by atoms with Crippen molar-refractivity contribution in [2.45, 2.75) is 464 Å². The SMILES string of the molecule is CCCCCCCCCCCCCCCCCCCCCC(=O)OC[C@H](COP(=O)(O)OC[C@@H](O)COP(=O)(O)OC[C@@H](COC(=O)CCCCCCCCCCCCC)OC(=O)CCCCCCCCCCCCC)OC(=O)CCCCCCCCCCCCCCCCCCCCC(C)C. The van der Waals surface area contributed by atoms with Crippen LogP contribution >= 0.6 is 15.6 Å². The van der Waals surface area contributed by atoms with Crippen LogP contribution < -0.4 is 0 Å². The standard InChI is InChI=1S/C83H162O17P2/c1-6-9-12-15-18-21-24-25-26-27-28-32-35-38-43-47-52-57-62-67-81(86)94-73-79(100-83(88)69-64-59-54-49-44-39-36-33-30-29-31-34-37-42-45-50-55-60-65-76(4)5)75-98-102(91,92)96-71-77(84)70-95-101(89,90)97-74-78(99-82(87)68-63-58-53-48-41-23-20-17-14-11-8-3)72-93-80(85)66-61-56-51-46-40-22-19-16-13-10-7-2/h76-79,84H,6-75H2,1-5H3,(H,89,90)(H,91,92)/t77-,78+,79+/m0/s1. The molecule has 0 fully saturated rings. The first kappa shape index (κ1) is 100. The normalized spacial score (nSPS) is 13.8. The average Bonchev–Trinajstić information content (AvgIpc) is 0.913. The van der Waals surface area contributed by atoms with Crippen molar-refractivity contribution >= 4 is 39.5 Å². The zero-order valence-corrected chi connectivity index (χ0v) is 68.5. The van der Waals surface area contributed by atoms with Crippen molar-refractivity contribution in [2.75, 3.05) is 39.6 Å². The maximum atomic E-state index is 13.1. The van der Waals surface area contributed by atoms with Gasteiger partial charge in [-0.15, -0.1) is 0 Å². The smallest absolute Gasteiger partial charge is 0.462 e. The Kier molecular flexibility index (Phi) is 74.4. The predicted octanol–water partition coefficient (Wildman–Crippen LogP) is 25.2. The van der Waals surface area contributed by atoms with Gasteiger partial charge in [0.1, 0.15) is 19.3 Å². The largest absolute Gasteiger partial charge is 0.472 e. The maximum Gasteiger partial charge on any atom is 0.472 e. The number of phosphoric ester groups is 2. The monoisotopic (exact) mass is 1490 g/mol. The molecule has 0 radical (unpaired) electrons. The number of hydrogen-bond acceptors (Lipinski definition) is 15. The molecule has 3 N–H and O–H groups in total. The fourth-order valence-corrected chi connectivity index (χ4v) is 14.5. The second-order valence-corrected chi connectivity index (χ2v) is 33.3. The molecule has 0 saturated heterocycles. The third kappa shape index (κ3) is 76.3. The summed E-state index contributed by atoms with van der Waals surface area (Å²) in [5, 5.41) is 10.6. The molecule has 5 atom stereocenters. The highest BCUT2D eigenvalue weighted by molar-refractivity contribution is 7.47. The molecular formula is C83H162O17P2. The summed E-state index contributed by atoms with van der Waals surface area (Å²) in [6.07, 6.45) is 68.0. The van der Waals surface area contributed by atoms with Gasteiger partial charge in [0, 0.05) is 25.7 Å². The van der Waals surface area contributed by atoms with Crippen LogP contribution in [0.4, 0.5) is 0 Å². The lowest BCUT2D eigenvalue weighted by Crippen LogP contribution is -2.30. The van der Waals surface area contributed by atoms with E-state index >= 15 is 0 Å². The van der Waals surface area contributed by atoms with Crippen LogP contribution in [0.1, 0.15) is 446 Å². The van der Waals surface area contributed by atoms with Crippen molar-refractivity contribution < 1.29 is 80.2 Å². The van der Waals surface area contributed by atoms with Gasteiger partial charge in [-0.25, -0.2) is 9.13 Å². The van der Waals surface area contributed by atoms with Crippen molar-refractivity contribution in [3.05, 3.63) is 0 Å². The minimum Gasteiger partial charge on any atom is -0.462 e. The number of hydrogen-bond donors (Lipinski definition) is 3. The highest BCUT2D eigenvalue weighted by Crippen LogP contribution is 2.45. The quantitative estimate of drug-likeness (QED) is 0.0222. The fourth-order valence-electron chi connectivity index (χ4n) is 12.9. The molecule has 0 aromatic heterocycles. The van der Waals surface area contributed by atoms with E-state index in [1.807, 2.05) is 0 Å². The van der Waals surface area contributed by atoms with Crippen LogP contribution in [0, 0.1) is 5.92 Å². The summed E-state index contributed by atoms with van der Waals surface area (Å²) in [7, 11) is -9.92. The molecular weight excluding hydrogens is 1330 g/mol. The Balaban J connectivity index is 5.20. The highest BCUT2D eigenvalue weighted by atomic mass is 31.2. The third-order valence-electron chi connectivity index (χ3n) is 19.5. The van der Waals surface area contributed by atoms with E-state index in [0.717, 1.165) is 95.8 Å². The number of unbranched alkanes of at least 4 members (excludes halogenated alkanes) is 55. The number of esters is 4. The minimum absolute atomic E-state index is 0.108. The van der Waals surface area contributed by atoms with Crippen LogP contribution in [-0.2, 0) is 65.4 Å². The van der Waals surface area contributed by atoms with Gasteiger partial charge in [0.25, 0.3) is 0 Å². The molecule has 0 amide bonds. The molecule has 2 unspecified atom stereocenters. The molecule has 0 spiro atoms. The van der Waals surface area contributed by atoms with Crippen molar-refractivity contribution in [3.63, 3.8) is 0 Å². The summed E-state index contributed by atoms with van der Waals surface area (Å²) in [5.74, 6) is -1.28. The van der Waals surface area contributed by atoms with E-state index in [4.69, 9.17) is 37.0 Å². The van der Waals surface area contributed by atoms with E-state index in [-0.39, 0.29) is 25.7 Å². The Morgan fingerprint density at radius 3 is 0.667 bits per heavy atom. The van der Waals surface area contributed by atoms with Gasteiger partial charge in [0.15, 0.2) is 12.2 Å². The van der Waals surface area contributed by atoms with Crippen LogP contribution in [-0.4, -0.2) is 96.7 Å². The Morgan fingerprint density at radius 1 is 0.265 bits per heavy atom. The lowest BCUT2D eigenvalue weighted by Gasteiger charge is -2.21. The van der Waals surface area contributed by atoms with E-state index in [0.29, 0.717) is 25.7 Å². The molecule has 0 bridgehead atoms.